The van der Waals surface area contributed by atoms with E-state index in [4.69, 9.17) is 5.11 Å². The van der Waals surface area contributed by atoms with Crippen molar-refractivity contribution in [2.24, 2.45) is 13.0 Å². The van der Waals surface area contributed by atoms with E-state index >= 15 is 0 Å². The molecule has 1 aromatic rings. The largest absolute Gasteiger partial charge is 0.396 e. The number of aliphatic hydroxyl groups excluding tert-OH is 1. The number of nitrogens with zero attached hydrogens (tertiary/aromatic N) is 2. The van der Waals surface area contributed by atoms with Crippen LogP contribution in [0.3, 0.4) is 0 Å². The summed E-state index contributed by atoms with van der Waals surface area (Å²) in [5.74, 6) is 0.959. The molecule has 6 nitrogen and oxygen atoms in total. The van der Waals surface area contributed by atoms with E-state index in [1.807, 2.05) is 0 Å². The third kappa shape index (κ3) is 3.46. The van der Waals surface area contributed by atoms with Gasteiger partial charge in [0.15, 0.2) is 5.82 Å². The van der Waals surface area contributed by atoms with Crippen LogP contribution in [0, 0.1) is 5.92 Å². The molecule has 1 aliphatic carbocycles. The molecule has 6 heteroatoms. The van der Waals surface area contributed by atoms with Crippen LogP contribution in [0.4, 0.5) is 10.6 Å². The number of aliphatic hydroxyl groups is 1. The van der Waals surface area contributed by atoms with Crippen molar-refractivity contribution in [3.63, 3.8) is 0 Å². The monoisotopic (exact) mass is 252 g/mol. The summed E-state index contributed by atoms with van der Waals surface area (Å²) in [6.45, 7) is 0.257. The molecule has 1 saturated carbocycles. The Hall–Kier alpha value is -1.56. The molecule has 1 aliphatic rings. The predicted molar refractivity (Wildman–Crippen MR) is 68.2 cm³/mol. The van der Waals surface area contributed by atoms with Gasteiger partial charge in [0, 0.05) is 32.0 Å². The first-order valence-electron chi connectivity index (χ1n) is 6.35. The summed E-state index contributed by atoms with van der Waals surface area (Å²) in [5, 5.41) is 18.8. The average Bonchev–Trinajstić information content (AvgIpc) is 2.75. The van der Waals surface area contributed by atoms with E-state index in [-0.39, 0.29) is 18.7 Å². The molecule has 0 aliphatic heterocycles. The van der Waals surface area contributed by atoms with Gasteiger partial charge in [-0.2, -0.15) is 5.10 Å². The number of anilines is 1. The maximum Gasteiger partial charge on any atom is 0.320 e. The normalized spacial score (nSPS) is 23.7. The van der Waals surface area contributed by atoms with Gasteiger partial charge in [-0.1, -0.05) is 0 Å². The molecule has 3 N–H and O–H groups in total. The highest BCUT2D eigenvalue weighted by Gasteiger charge is 2.21. The molecular weight excluding hydrogens is 232 g/mol. The van der Waals surface area contributed by atoms with Gasteiger partial charge in [0.05, 0.1) is 0 Å². The number of urea groups is 1. The number of amides is 2. The molecule has 18 heavy (non-hydrogen) atoms. The smallest absolute Gasteiger partial charge is 0.320 e. The molecule has 2 rings (SSSR count). The molecule has 1 aromatic heterocycles. The van der Waals surface area contributed by atoms with Crippen LogP contribution in [0.15, 0.2) is 12.3 Å². The number of aromatic nitrogens is 2. The van der Waals surface area contributed by atoms with E-state index < -0.39 is 0 Å². The zero-order valence-corrected chi connectivity index (χ0v) is 10.6. The summed E-state index contributed by atoms with van der Waals surface area (Å²) in [7, 11) is 1.80. The van der Waals surface area contributed by atoms with Gasteiger partial charge < -0.3 is 10.4 Å². The van der Waals surface area contributed by atoms with E-state index in [1.165, 1.54) is 0 Å². The second-order valence-electron chi connectivity index (χ2n) is 4.87. The van der Waals surface area contributed by atoms with Gasteiger partial charge in [0.1, 0.15) is 0 Å². The number of carbonyl (C=O) groups excluding carboxylic acids is 1. The van der Waals surface area contributed by atoms with E-state index in [2.05, 4.69) is 15.7 Å². The fourth-order valence-electron chi connectivity index (χ4n) is 2.31. The number of carbonyl (C=O) groups is 1. The maximum atomic E-state index is 11.7. The van der Waals surface area contributed by atoms with Crippen molar-refractivity contribution in [3.05, 3.63) is 12.3 Å². The van der Waals surface area contributed by atoms with Crippen LogP contribution in [0.5, 0.6) is 0 Å². The summed E-state index contributed by atoms with van der Waals surface area (Å²) in [5.41, 5.74) is 0. The first kappa shape index (κ1) is 12.9. The molecule has 0 aromatic carbocycles. The van der Waals surface area contributed by atoms with Gasteiger partial charge in [-0.05, 0) is 31.6 Å². The molecule has 0 radical (unpaired) electrons. The fourth-order valence-corrected chi connectivity index (χ4v) is 2.31. The van der Waals surface area contributed by atoms with Gasteiger partial charge in [0.2, 0.25) is 0 Å². The number of hydrogen-bond donors (Lipinski definition) is 3. The molecule has 0 atom stereocenters. The first-order valence-corrected chi connectivity index (χ1v) is 6.35. The van der Waals surface area contributed by atoms with Gasteiger partial charge in [-0.15, -0.1) is 0 Å². The van der Waals surface area contributed by atoms with Crippen molar-refractivity contribution < 1.29 is 9.90 Å². The number of aryl methyl sites for hydroxylation is 1. The molecule has 0 unspecified atom stereocenters. The zero-order valence-electron chi connectivity index (χ0n) is 10.6. The quantitative estimate of drug-likeness (QED) is 0.753. The van der Waals surface area contributed by atoms with Gasteiger partial charge in [-0.25, -0.2) is 4.79 Å². The van der Waals surface area contributed by atoms with E-state index in [9.17, 15) is 4.79 Å². The van der Waals surface area contributed by atoms with Crippen LogP contribution >= 0.6 is 0 Å². The number of nitrogens with one attached hydrogen (secondary N) is 2. The highest BCUT2D eigenvalue weighted by molar-refractivity contribution is 5.88. The number of rotatable bonds is 3. The summed E-state index contributed by atoms with van der Waals surface area (Å²) in [6.07, 6.45) is 5.60. The second kappa shape index (κ2) is 5.86. The minimum atomic E-state index is -0.207. The molecule has 0 bridgehead atoms. The highest BCUT2D eigenvalue weighted by atomic mass is 16.3. The summed E-state index contributed by atoms with van der Waals surface area (Å²) in [6, 6.07) is 1.75. The van der Waals surface area contributed by atoms with Gasteiger partial charge in [-0.3, -0.25) is 10.00 Å². The molecule has 2 amide bonds. The van der Waals surface area contributed by atoms with Crippen LogP contribution in [-0.4, -0.2) is 33.6 Å². The van der Waals surface area contributed by atoms with Crippen LogP contribution in [-0.2, 0) is 7.05 Å². The van der Waals surface area contributed by atoms with E-state index in [0.29, 0.717) is 11.7 Å². The molecule has 0 saturated heterocycles. The Morgan fingerprint density at radius 3 is 2.78 bits per heavy atom. The Morgan fingerprint density at radius 1 is 1.50 bits per heavy atom. The van der Waals surface area contributed by atoms with Crippen LogP contribution in [0.25, 0.3) is 0 Å². The van der Waals surface area contributed by atoms with Gasteiger partial charge >= 0.3 is 6.03 Å². The first-order chi connectivity index (χ1) is 8.67. The van der Waals surface area contributed by atoms with Crippen molar-refractivity contribution >= 4 is 11.8 Å². The average molecular weight is 252 g/mol. The van der Waals surface area contributed by atoms with Crippen molar-refractivity contribution in [1.29, 1.82) is 0 Å². The minimum Gasteiger partial charge on any atom is -0.396 e. The van der Waals surface area contributed by atoms with E-state index in [1.54, 1.807) is 24.0 Å². The Labute approximate surface area is 106 Å². The lowest BCUT2D eigenvalue weighted by atomic mass is 9.87. The van der Waals surface area contributed by atoms with Crippen molar-refractivity contribution in [1.82, 2.24) is 15.1 Å². The topological polar surface area (TPSA) is 79.2 Å². The molecular formula is C12H20N4O2. The van der Waals surface area contributed by atoms with Gasteiger partial charge in [0.25, 0.3) is 0 Å². The van der Waals surface area contributed by atoms with Crippen LogP contribution in [0.1, 0.15) is 25.7 Å². The van der Waals surface area contributed by atoms with Crippen LogP contribution in [0.2, 0.25) is 0 Å². The third-order valence-corrected chi connectivity index (χ3v) is 3.40. The van der Waals surface area contributed by atoms with Crippen molar-refractivity contribution in [2.75, 3.05) is 11.9 Å². The molecule has 1 fully saturated rings. The molecule has 100 valence electrons. The standard InChI is InChI=1S/C12H20N4O2/c1-16-7-6-11(15-16)14-12(18)13-10-4-2-9(8-17)3-5-10/h6-7,9-10,17H,2-5,8H2,1H3,(H2,13,14,15,18). The lowest BCUT2D eigenvalue weighted by molar-refractivity contribution is 0.176. The van der Waals surface area contributed by atoms with Crippen molar-refractivity contribution in [2.45, 2.75) is 31.7 Å². The zero-order chi connectivity index (χ0) is 13.0. The highest BCUT2D eigenvalue weighted by Crippen LogP contribution is 2.23. The van der Waals surface area contributed by atoms with Crippen LogP contribution < -0.4 is 10.6 Å². The SMILES string of the molecule is Cn1ccc(NC(=O)NC2CCC(CO)CC2)n1. The Bertz CT molecular complexity index is 397. The third-order valence-electron chi connectivity index (χ3n) is 3.40. The fraction of sp³-hybridized carbons (Fsp3) is 0.667. The maximum absolute atomic E-state index is 11.7. The summed E-state index contributed by atoms with van der Waals surface area (Å²) < 4.78 is 1.64. The summed E-state index contributed by atoms with van der Waals surface area (Å²) in [4.78, 5) is 11.7. The molecule has 0 spiro atoms. The number of hydrogen-bond acceptors (Lipinski definition) is 3. The lowest BCUT2D eigenvalue weighted by Gasteiger charge is -2.27. The van der Waals surface area contributed by atoms with E-state index in [0.717, 1.165) is 25.7 Å². The summed E-state index contributed by atoms with van der Waals surface area (Å²) >= 11 is 0. The second-order valence-corrected chi connectivity index (χ2v) is 4.87. The Morgan fingerprint density at radius 2 is 2.22 bits per heavy atom. The Balaban J connectivity index is 1.75. The predicted octanol–water partition coefficient (Wildman–Crippen LogP) is 1.09. The minimum absolute atomic E-state index is 0.205. The molecule has 1 heterocycles. The Kier molecular flexibility index (Phi) is 4.19. The lowest BCUT2D eigenvalue weighted by Crippen LogP contribution is -2.40. The van der Waals surface area contributed by atoms with Crippen molar-refractivity contribution in [3.8, 4) is 0 Å².